The molecular formula is C19H18FN3O3. The molecule has 0 aliphatic heterocycles. The summed E-state index contributed by atoms with van der Waals surface area (Å²) in [5.74, 6) is 0.404. The van der Waals surface area contributed by atoms with E-state index in [0.717, 1.165) is 5.56 Å². The summed E-state index contributed by atoms with van der Waals surface area (Å²) in [4.78, 5) is 12.6. The summed E-state index contributed by atoms with van der Waals surface area (Å²) >= 11 is 0. The summed E-state index contributed by atoms with van der Waals surface area (Å²) in [5.41, 5.74) is 2.22. The van der Waals surface area contributed by atoms with E-state index in [4.69, 9.17) is 9.47 Å². The van der Waals surface area contributed by atoms with Crippen LogP contribution in [0.15, 0.2) is 48.5 Å². The second kappa shape index (κ2) is 7.26. The fourth-order valence-corrected chi connectivity index (χ4v) is 2.56. The first-order valence-electron chi connectivity index (χ1n) is 7.85. The Hall–Kier alpha value is -3.35. The van der Waals surface area contributed by atoms with Crippen LogP contribution in [0.4, 0.5) is 10.1 Å². The molecule has 26 heavy (non-hydrogen) atoms. The first kappa shape index (κ1) is 17.5. The molecular weight excluding hydrogens is 337 g/mol. The lowest BCUT2D eigenvalue weighted by molar-refractivity contribution is 0.102. The molecule has 1 heterocycles. The molecule has 134 valence electrons. The number of nitrogens with zero attached hydrogens (tertiary/aromatic N) is 2. The summed E-state index contributed by atoms with van der Waals surface area (Å²) in [6, 6.07) is 12.8. The van der Waals surface area contributed by atoms with Crippen molar-refractivity contribution in [1.82, 2.24) is 9.78 Å². The molecule has 0 saturated carbocycles. The number of carbonyl (C=O) groups is 1. The fourth-order valence-electron chi connectivity index (χ4n) is 2.56. The molecule has 3 rings (SSSR count). The average Bonchev–Trinajstić information content (AvgIpc) is 3.04. The van der Waals surface area contributed by atoms with Gasteiger partial charge in [0.2, 0.25) is 0 Å². The maximum Gasteiger partial charge on any atom is 0.276 e. The zero-order valence-corrected chi connectivity index (χ0v) is 14.6. The van der Waals surface area contributed by atoms with Crippen LogP contribution in [0.25, 0.3) is 11.3 Å². The topological polar surface area (TPSA) is 65.4 Å². The minimum absolute atomic E-state index is 0.240. The predicted molar refractivity (Wildman–Crippen MR) is 96.1 cm³/mol. The van der Waals surface area contributed by atoms with E-state index in [1.54, 1.807) is 55.2 Å². The second-order valence-electron chi connectivity index (χ2n) is 5.57. The van der Waals surface area contributed by atoms with Crippen LogP contribution in [0.5, 0.6) is 11.5 Å². The molecule has 1 amide bonds. The van der Waals surface area contributed by atoms with Gasteiger partial charge < -0.3 is 14.8 Å². The van der Waals surface area contributed by atoms with Crippen LogP contribution in [0.1, 0.15) is 10.5 Å². The number of carbonyl (C=O) groups excluding carboxylic acids is 1. The van der Waals surface area contributed by atoms with Gasteiger partial charge in [0.1, 0.15) is 17.3 Å². The first-order chi connectivity index (χ1) is 12.5. The number of hydrogen-bond acceptors (Lipinski definition) is 4. The molecule has 0 aliphatic carbocycles. The molecule has 6 nitrogen and oxygen atoms in total. The fraction of sp³-hybridized carbons (Fsp3) is 0.158. The highest BCUT2D eigenvalue weighted by Gasteiger charge is 2.16. The number of aryl methyl sites for hydroxylation is 1. The Kier molecular flexibility index (Phi) is 4.88. The number of aromatic nitrogens is 2. The SMILES string of the molecule is COc1ccc(NC(=O)c2cc(-c3ccc(F)cc3)n(C)n2)c(OC)c1. The maximum atomic E-state index is 13.1. The van der Waals surface area contributed by atoms with Crippen molar-refractivity contribution in [3.63, 3.8) is 0 Å². The second-order valence-corrected chi connectivity index (χ2v) is 5.57. The average molecular weight is 355 g/mol. The number of ether oxygens (including phenoxy) is 2. The number of nitrogens with one attached hydrogen (secondary N) is 1. The Morgan fingerprint density at radius 3 is 2.46 bits per heavy atom. The van der Waals surface area contributed by atoms with Gasteiger partial charge in [0.15, 0.2) is 5.69 Å². The largest absolute Gasteiger partial charge is 0.497 e. The third-order valence-electron chi connectivity index (χ3n) is 3.91. The summed E-state index contributed by atoms with van der Waals surface area (Å²) in [6.45, 7) is 0. The van der Waals surface area contributed by atoms with Crippen LogP contribution in [-0.4, -0.2) is 29.9 Å². The van der Waals surface area contributed by atoms with Gasteiger partial charge in [0.25, 0.3) is 5.91 Å². The van der Waals surface area contributed by atoms with Crippen LogP contribution in [0, 0.1) is 5.82 Å². The molecule has 2 aromatic carbocycles. The summed E-state index contributed by atoms with van der Waals surface area (Å²) < 4.78 is 25.1. The van der Waals surface area contributed by atoms with Crippen LogP contribution < -0.4 is 14.8 Å². The van der Waals surface area contributed by atoms with Gasteiger partial charge in [0, 0.05) is 13.1 Å². The lowest BCUT2D eigenvalue weighted by Gasteiger charge is -2.10. The third kappa shape index (κ3) is 3.51. The highest BCUT2D eigenvalue weighted by molar-refractivity contribution is 6.04. The van der Waals surface area contributed by atoms with Gasteiger partial charge in [-0.15, -0.1) is 0 Å². The Balaban J connectivity index is 1.85. The van der Waals surface area contributed by atoms with E-state index in [9.17, 15) is 9.18 Å². The molecule has 0 unspecified atom stereocenters. The van der Waals surface area contributed by atoms with Gasteiger partial charge >= 0.3 is 0 Å². The van der Waals surface area contributed by atoms with Crippen molar-refractivity contribution < 1.29 is 18.7 Å². The van der Waals surface area contributed by atoms with Gasteiger partial charge in [-0.3, -0.25) is 9.48 Å². The monoisotopic (exact) mass is 355 g/mol. The third-order valence-corrected chi connectivity index (χ3v) is 3.91. The number of rotatable bonds is 5. The van der Waals surface area contributed by atoms with E-state index in [1.807, 2.05) is 0 Å². The lowest BCUT2D eigenvalue weighted by atomic mass is 10.1. The quantitative estimate of drug-likeness (QED) is 0.761. The van der Waals surface area contributed by atoms with Crippen molar-refractivity contribution in [2.24, 2.45) is 7.05 Å². The van der Waals surface area contributed by atoms with Crippen molar-refractivity contribution in [2.45, 2.75) is 0 Å². The molecule has 0 saturated heterocycles. The number of hydrogen-bond donors (Lipinski definition) is 1. The predicted octanol–water partition coefficient (Wildman–Crippen LogP) is 3.50. The van der Waals surface area contributed by atoms with Gasteiger partial charge in [0.05, 0.1) is 25.6 Å². The van der Waals surface area contributed by atoms with Crippen molar-refractivity contribution >= 4 is 11.6 Å². The number of anilines is 1. The van der Waals surface area contributed by atoms with Gasteiger partial charge in [-0.05, 0) is 48.0 Å². The van der Waals surface area contributed by atoms with Crippen molar-refractivity contribution in [1.29, 1.82) is 0 Å². The number of benzene rings is 2. The summed E-state index contributed by atoms with van der Waals surface area (Å²) in [6.07, 6.45) is 0. The molecule has 0 radical (unpaired) electrons. The maximum absolute atomic E-state index is 13.1. The highest BCUT2D eigenvalue weighted by atomic mass is 19.1. The zero-order chi connectivity index (χ0) is 18.7. The van der Waals surface area contributed by atoms with E-state index < -0.39 is 0 Å². The molecule has 0 bridgehead atoms. The van der Waals surface area contributed by atoms with Crippen LogP contribution in [0.2, 0.25) is 0 Å². The van der Waals surface area contributed by atoms with E-state index in [2.05, 4.69) is 10.4 Å². The van der Waals surface area contributed by atoms with E-state index in [0.29, 0.717) is 22.9 Å². The van der Waals surface area contributed by atoms with Gasteiger partial charge in [-0.25, -0.2) is 4.39 Å². The Bertz CT molecular complexity index is 936. The number of halogens is 1. The molecule has 3 aromatic rings. The number of methoxy groups -OCH3 is 2. The van der Waals surface area contributed by atoms with Crippen molar-refractivity contribution in [3.05, 3.63) is 60.0 Å². The van der Waals surface area contributed by atoms with Crippen molar-refractivity contribution in [3.8, 4) is 22.8 Å². The Labute approximate surface area is 150 Å². The Morgan fingerprint density at radius 1 is 1.08 bits per heavy atom. The molecule has 7 heteroatoms. The molecule has 0 aliphatic rings. The normalized spacial score (nSPS) is 10.5. The van der Waals surface area contributed by atoms with Crippen molar-refractivity contribution in [2.75, 3.05) is 19.5 Å². The first-order valence-corrected chi connectivity index (χ1v) is 7.85. The zero-order valence-electron chi connectivity index (χ0n) is 14.6. The molecule has 1 N–H and O–H groups in total. The molecule has 0 atom stereocenters. The van der Waals surface area contributed by atoms with Crippen LogP contribution in [0.3, 0.4) is 0 Å². The molecule has 0 fully saturated rings. The summed E-state index contributed by atoms with van der Waals surface area (Å²) in [5, 5.41) is 7.01. The minimum Gasteiger partial charge on any atom is -0.497 e. The Morgan fingerprint density at radius 2 is 1.81 bits per heavy atom. The van der Waals surface area contributed by atoms with E-state index in [-0.39, 0.29) is 17.4 Å². The van der Waals surface area contributed by atoms with Crippen LogP contribution in [-0.2, 0) is 7.05 Å². The molecule has 0 spiro atoms. The highest BCUT2D eigenvalue weighted by Crippen LogP contribution is 2.29. The van der Waals surface area contributed by atoms with Gasteiger partial charge in [-0.2, -0.15) is 5.10 Å². The van der Waals surface area contributed by atoms with Gasteiger partial charge in [-0.1, -0.05) is 0 Å². The van der Waals surface area contributed by atoms with Crippen LogP contribution >= 0.6 is 0 Å². The standard InChI is InChI=1S/C19H18FN3O3/c1-23-17(12-4-6-13(20)7-5-12)11-16(22-23)19(24)21-15-9-8-14(25-2)10-18(15)26-3/h4-11H,1-3H3,(H,21,24). The van der Waals surface area contributed by atoms with E-state index >= 15 is 0 Å². The molecule has 1 aromatic heterocycles. The smallest absolute Gasteiger partial charge is 0.276 e. The minimum atomic E-state index is -0.377. The lowest BCUT2D eigenvalue weighted by Crippen LogP contribution is -2.13. The summed E-state index contributed by atoms with van der Waals surface area (Å²) in [7, 11) is 4.79. The number of amides is 1. The van der Waals surface area contributed by atoms with E-state index in [1.165, 1.54) is 19.2 Å².